The smallest absolute Gasteiger partial charge is 0.323 e. The van der Waals surface area contributed by atoms with Crippen LogP contribution in [0.1, 0.15) is 5.56 Å². The zero-order chi connectivity index (χ0) is 19.9. The Bertz CT molecular complexity index is 869. The predicted octanol–water partition coefficient (Wildman–Crippen LogP) is 1.46. The quantitative estimate of drug-likeness (QED) is 0.699. The number of amides is 1. The van der Waals surface area contributed by atoms with Gasteiger partial charge >= 0.3 is 5.97 Å². The van der Waals surface area contributed by atoms with Gasteiger partial charge in [0.25, 0.3) is 0 Å². The Labute approximate surface area is 158 Å². The first-order valence-electron chi connectivity index (χ1n) is 8.35. The summed E-state index contributed by atoms with van der Waals surface area (Å²) in [5.74, 6) is -1.71. The van der Waals surface area contributed by atoms with E-state index in [1.54, 1.807) is 18.2 Å². The number of likely N-dealkylation sites (N-methyl/N-ethyl adjacent to an activating group) is 1. The number of carboxylic acid groups (broad SMARTS) is 1. The topological polar surface area (TPSA) is 95.0 Å². The third-order valence-corrected chi connectivity index (χ3v) is 5.82. The van der Waals surface area contributed by atoms with Crippen LogP contribution in [0.4, 0.5) is 0 Å². The van der Waals surface area contributed by atoms with Crippen molar-refractivity contribution in [3.8, 4) is 0 Å². The number of carbonyl (C=O) groups is 2. The van der Waals surface area contributed by atoms with Crippen LogP contribution in [0.25, 0.3) is 0 Å². The van der Waals surface area contributed by atoms with Crippen LogP contribution >= 0.6 is 0 Å². The van der Waals surface area contributed by atoms with E-state index in [9.17, 15) is 18.0 Å². The zero-order valence-electron chi connectivity index (χ0n) is 15.0. The van der Waals surface area contributed by atoms with Gasteiger partial charge in [-0.25, -0.2) is 8.42 Å². The molecular formula is C19H22N2O5S. The average Bonchev–Trinajstić information content (AvgIpc) is 2.66. The third kappa shape index (κ3) is 5.90. The van der Waals surface area contributed by atoms with E-state index in [2.05, 4.69) is 0 Å². The molecule has 0 aliphatic heterocycles. The highest BCUT2D eigenvalue weighted by atomic mass is 32.2. The number of hydrogen-bond donors (Lipinski definition) is 1. The number of rotatable bonds is 9. The van der Waals surface area contributed by atoms with Gasteiger partial charge in [-0.3, -0.25) is 9.59 Å². The van der Waals surface area contributed by atoms with E-state index in [0.29, 0.717) is 6.42 Å². The van der Waals surface area contributed by atoms with Gasteiger partial charge in [0.05, 0.1) is 11.4 Å². The van der Waals surface area contributed by atoms with Crippen molar-refractivity contribution in [1.82, 2.24) is 9.21 Å². The van der Waals surface area contributed by atoms with Gasteiger partial charge in [0.1, 0.15) is 6.54 Å². The SMILES string of the molecule is CN(CC(=O)N(CCc1ccccc1)CC(=O)O)S(=O)(=O)c1ccccc1. The lowest BCUT2D eigenvalue weighted by molar-refractivity contribution is -0.144. The van der Waals surface area contributed by atoms with Crippen LogP contribution in [0.2, 0.25) is 0 Å². The number of nitrogens with zero attached hydrogens (tertiary/aromatic N) is 2. The summed E-state index contributed by atoms with van der Waals surface area (Å²) in [5.41, 5.74) is 0.964. The summed E-state index contributed by atoms with van der Waals surface area (Å²) >= 11 is 0. The van der Waals surface area contributed by atoms with Crippen molar-refractivity contribution in [2.24, 2.45) is 0 Å². The van der Waals surface area contributed by atoms with Crippen molar-refractivity contribution in [2.45, 2.75) is 11.3 Å². The maximum atomic E-state index is 12.5. The molecule has 1 N–H and O–H groups in total. The van der Waals surface area contributed by atoms with E-state index in [1.807, 2.05) is 30.3 Å². The molecule has 27 heavy (non-hydrogen) atoms. The van der Waals surface area contributed by atoms with E-state index >= 15 is 0 Å². The van der Waals surface area contributed by atoms with Gasteiger partial charge < -0.3 is 10.0 Å². The molecule has 1 amide bonds. The Kier molecular flexibility index (Phi) is 7.09. The predicted molar refractivity (Wildman–Crippen MR) is 101 cm³/mol. The minimum absolute atomic E-state index is 0.0781. The summed E-state index contributed by atoms with van der Waals surface area (Å²) in [4.78, 5) is 24.9. The maximum Gasteiger partial charge on any atom is 0.323 e. The molecule has 8 heteroatoms. The average molecular weight is 390 g/mol. The lowest BCUT2D eigenvalue weighted by atomic mass is 10.1. The van der Waals surface area contributed by atoms with Crippen molar-refractivity contribution in [2.75, 3.05) is 26.7 Å². The Morgan fingerprint density at radius 1 is 0.926 bits per heavy atom. The summed E-state index contributed by atoms with van der Waals surface area (Å²) < 4.78 is 26.0. The number of hydrogen-bond acceptors (Lipinski definition) is 4. The van der Waals surface area contributed by atoms with Gasteiger partial charge in [0, 0.05) is 13.6 Å². The monoisotopic (exact) mass is 390 g/mol. The van der Waals surface area contributed by atoms with Crippen molar-refractivity contribution < 1.29 is 23.1 Å². The van der Waals surface area contributed by atoms with Crippen LogP contribution in [0, 0.1) is 0 Å². The molecule has 0 atom stereocenters. The van der Waals surface area contributed by atoms with Gasteiger partial charge in [0.15, 0.2) is 0 Å². The highest BCUT2D eigenvalue weighted by Crippen LogP contribution is 2.13. The second kappa shape index (κ2) is 9.29. The minimum atomic E-state index is -3.82. The Morgan fingerprint density at radius 3 is 2.04 bits per heavy atom. The molecule has 2 aromatic carbocycles. The number of aliphatic carboxylic acids is 1. The zero-order valence-corrected chi connectivity index (χ0v) is 15.8. The van der Waals surface area contributed by atoms with Crippen LogP contribution in [-0.2, 0) is 26.0 Å². The molecule has 0 heterocycles. The number of sulfonamides is 1. The van der Waals surface area contributed by atoms with Gasteiger partial charge in [-0.15, -0.1) is 0 Å². The highest BCUT2D eigenvalue weighted by Gasteiger charge is 2.25. The summed E-state index contributed by atoms with van der Waals surface area (Å²) in [6.07, 6.45) is 0.481. The van der Waals surface area contributed by atoms with E-state index < -0.39 is 35.0 Å². The molecule has 0 aliphatic carbocycles. The normalized spacial score (nSPS) is 11.3. The first-order chi connectivity index (χ1) is 12.8. The summed E-state index contributed by atoms with van der Waals surface area (Å²) in [6.45, 7) is -0.724. The molecule has 0 radical (unpaired) electrons. The summed E-state index contributed by atoms with van der Waals surface area (Å²) in [5, 5.41) is 9.08. The maximum absolute atomic E-state index is 12.5. The second-order valence-electron chi connectivity index (χ2n) is 6.02. The van der Waals surface area contributed by atoms with Crippen molar-refractivity contribution >= 4 is 21.9 Å². The largest absolute Gasteiger partial charge is 0.480 e. The molecule has 0 aromatic heterocycles. The van der Waals surface area contributed by atoms with Gasteiger partial charge in [-0.05, 0) is 24.1 Å². The fraction of sp³-hybridized carbons (Fsp3) is 0.263. The molecule has 0 aliphatic rings. The lowest BCUT2D eigenvalue weighted by Crippen LogP contribution is -2.44. The summed E-state index contributed by atoms with van der Waals surface area (Å²) in [6, 6.07) is 17.1. The molecule has 0 unspecified atom stereocenters. The van der Waals surface area contributed by atoms with Gasteiger partial charge in [-0.2, -0.15) is 4.31 Å². The number of carbonyl (C=O) groups excluding carboxylic acids is 1. The van der Waals surface area contributed by atoms with Crippen LogP contribution in [0.15, 0.2) is 65.6 Å². The van der Waals surface area contributed by atoms with Crippen LogP contribution in [0.3, 0.4) is 0 Å². The number of carboxylic acids is 1. The van der Waals surface area contributed by atoms with Crippen molar-refractivity contribution in [1.29, 1.82) is 0 Å². The molecule has 0 saturated carbocycles. The first-order valence-corrected chi connectivity index (χ1v) is 9.79. The first kappa shape index (κ1) is 20.6. The molecular weight excluding hydrogens is 368 g/mol. The molecule has 2 rings (SSSR count). The minimum Gasteiger partial charge on any atom is -0.480 e. The standard InChI is InChI=1S/C19H22N2O5S/c1-20(27(25,26)17-10-6-3-7-11-17)14-18(22)21(15-19(23)24)13-12-16-8-4-2-5-9-16/h2-11H,12-15H2,1H3,(H,23,24). The van der Waals surface area contributed by atoms with E-state index in [0.717, 1.165) is 14.8 Å². The summed E-state index contributed by atoms with van der Waals surface area (Å²) in [7, 11) is -2.52. The Morgan fingerprint density at radius 2 is 1.48 bits per heavy atom. The second-order valence-corrected chi connectivity index (χ2v) is 8.06. The van der Waals surface area contributed by atoms with Gasteiger partial charge in [0.2, 0.25) is 15.9 Å². The van der Waals surface area contributed by atoms with E-state index in [1.165, 1.54) is 19.2 Å². The van der Waals surface area contributed by atoms with Crippen LogP contribution in [0.5, 0.6) is 0 Å². The molecule has 7 nitrogen and oxygen atoms in total. The van der Waals surface area contributed by atoms with Crippen molar-refractivity contribution in [3.63, 3.8) is 0 Å². The highest BCUT2D eigenvalue weighted by molar-refractivity contribution is 7.89. The van der Waals surface area contributed by atoms with E-state index in [-0.39, 0.29) is 11.4 Å². The molecule has 0 bridgehead atoms. The van der Waals surface area contributed by atoms with Crippen molar-refractivity contribution in [3.05, 3.63) is 66.2 Å². The molecule has 0 spiro atoms. The third-order valence-electron chi connectivity index (χ3n) is 4.00. The van der Waals surface area contributed by atoms with E-state index in [4.69, 9.17) is 5.11 Å². The lowest BCUT2D eigenvalue weighted by Gasteiger charge is -2.24. The molecule has 144 valence electrons. The fourth-order valence-corrected chi connectivity index (χ4v) is 3.65. The number of benzene rings is 2. The Hall–Kier alpha value is -2.71. The van der Waals surface area contributed by atoms with Gasteiger partial charge in [-0.1, -0.05) is 48.5 Å². The molecule has 0 saturated heterocycles. The van der Waals surface area contributed by atoms with Crippen LogP contribution < -0.4 is 0 Å². The molecule has 2 aromatic rings. The van der Waals surface area contributed by atoms with Crippen LogP contribution in [-0.4, -0.2) is 61.3 Å². The fourth-order valence-electron chi connectivity index (χ4n) is 2.51. The Balaban J connectivity index is 2.07. The molecule has 0 fully saturated rings.